The zero-order chi connectivity index (χ0) is 14.8. The monoisotopic (exact) mass is 282 g/mol. The van der Waals surface area contributed by atoms with E-state index in [-0.39, 0.29) is 0 Å². The molecule has 1 aliphatic heterocycles. The third-order valence-corrected chi connectivity index (χ3v) is 3.74. The number of anilines is 1. The van der Waals surface area contributed by atoms with Gasteiger partial charge in [-0.25, -0.2) is 4.98 Å². The van der Waals surface area contributed by atoms with E-state index in [2.05, 4.69) is 45.0 Å². The quantitative estimate of drug-likeness (QED) is 0.932. The van der Waals surface area contributed by atoms with Gasteiger partial charge in [0.15, 0.2) is 0 Å². The fourth-order valence-corrected chi connectivity index (χ4v) is 2.65. The molecule has 6 nitrogen and oxygen atoms in total. The Morgan fingerprint density at radius 3 is 2.90 bits per heavy atom. The number of fused-ring (bicyclic) bond motifs is 1. The predicted octanol–water partition coefficient (Wildman–Crippen LogP) is 2.10. The molecule has 0 aromatic carbocycles. The normalized spacial score (nSPS) is 17.3. The Balaban J connectivity index is 1.73. The van der Waals surface area contributed by atoms with Crippen molar-refractivity contribution in [2.75, 3.05) is 5.32 Å². The van der Waals surface area contributed by atoms with Crippen LogP contribution in [0, 0.1) is 11.3 Å². The number of aryl methyl sites for hydroxylation is 1. The zero-order valence-electron chi connectivity index (χ0n) is 12.2. The summed E-state index contributed by atoms with van der Waals surface area (Å²) in [5, 5.41) is 20.8. The topological polar surface area (TPSA) is 79.4 Å². The second-order valence-corrected chi connectivity index (χ2v) is 5.66. The van der Waals surface area contributed by atoms with Gasteiger partial charge < -0.3 is 9.88 Å². The number of hydrogen-bond acceptors (Lipinski definition) is 5. The highest BCUT2D eigenvalue weighted by Crippen LogP contribution is 2.21. The van der Waals surface area contributed by atoms with Gasteiger partial charge in [0, 0.05) is 31.1 Å². The van der Waals surface area contributed by atoms with Crippen molar-refractivity contribution in [1.29, 1.82) is 5.26 Å². The van der Waals surface area contributed by atoms with E-state index in [0.29, 0.717) is 17.5 Å². The van der Waals surface area contributed by atoms with Crippen molar-refractivity contribution in [3.63, 3.8) is 0 Å². The van der Waals surface area contributed by atoms with E-state index in [1.807, 2.05) is 6.07 Å². The summed E-state index contributed by atoms with van der Waals surface area (Å²) in [6, 6.07) is 6.02. The summed E-state index contributed by atoms with van der Waals surface area (Å²) in [6.45, 7) is 5.13. The molecule has 1 atom stereocenters. The fraction of sp³-hybridized carbons (Fsp3) is 0.467. The van der Waals surface area contributed by atoms with Gasteiger partial charge in [0.25, 0.3) is 0 Å². The Labute approximate surface area is 123 Å². The molecule has 0 saturated carbocycles. The summed E-state index contributed by atoms with van der Waals surface area (Å²) < 4.78 is 2.22. The third kappa shape index (κ3) is 2.72. The third-order valence-electron chi connectivity index (χ3n) is 3.74. The fourth-order valence-electron chi connectivity index (χ4n) is 2.65. The SMILES string of the molecule is CC(C)c1nnc2n1C[C@H](Nc1ccc(C#N)cn1)CC2. The van der Waals surface area contributed by atoms with Gasteiger partial charge in [-0.1, -0.05) is 13.8 Å². The highest BCUT2D eigenvalue weighted by Gasteiger charge is 2.23. The number of nitriles is 1. The molecule has 0 bridgehead atoms. The van der Waals surface area contributed by atoms with Crippen LogP contribution >= 0.6 is 0 Å². The van der Waals surface area contributed by atoms with E-state index in [9.17, 15) is 0 Å². The molecule has 2 aromatic rings. The first-order valence-corrected chi connectivity index (χ1v) is 7.22. The second kappa shape index (κ2) is 5.52. The molecule has 0 fully saturated rings. The van der Waals surface area contributed by atoms with Gasteiger partial charge in [0.05, 0.1) is 5.56 Å². The molecule has 0 saturated heterocycles. The molecule has 1 N–H and O–H groups in total. The standard InChI is InChI=1S/C15H18N6/c1-10(2)15-20-19-14-6-4-12(9-21(14)15)18-13-5-3-11(7-16)8-17-13/h3,5,8,10,12H,4,6,9H2,1-2H3,(H,17,18)/t12-/m1/s1. The van der Waals surface area contributed by atoms with Crippen molar-refractivity contribution in [2.45, 2.75) is 45.2 Å². The minimum Gasteiger partial charge on any atom is -0.366 e. The number of pyridine rings is 1. The molecule has 3 rings (SSSR count). The van der Waals surface area contributed by atoms with Gasteiger partial charge in [-0.15, -0.1) is 10.2 Å². The van der Waals surface area contributed by atoms with Crippen LogP contribution in [0.3, 0.4) is 0 Å². The highest BCUT2D eigenvalue weighted by atomic mass is 15.3. The average molecular weight is 282 g/mol. The molecular formula is C15H18N6. The molecule has 0 aliphatic carbocycles. The first-order valence-electron chi connectivity index (χ1n) is 7.22. The highest BCUT2D eigenvalue weighted by molar-refractivity contribution is 5.39. The van der Waals surface area contributed by atoms with Gasteiger partial charge in [-0.05, 0) is 18.6 Å². The Hall–Kier alpha value is -2.42. The molecule has 0 unspecified atom stereocenters. The Morgan fingerprint density at radius 2 is 2.24 bits per heavy atom. The summed E-state index contributed by atoms with van der Waals surface area (Å²) >= 11 is 0. The van der Waals surface area contributed by atoms with Gasteiger partial charge in [-0.2, -0.15) is 5.26 Å². The lowest BCUT2D eigenvalue weighted by molar-refractivity contribution is 0.458. The average Bonchev–Trinajstić information content (AvgIpc) is 2.91. The maximum atomic E-state index is 8.79. The van der Waals surface area contributed by atoms with E-state index in [1.54, 1.807) is 12.3 Å². The minimum atomic E-state index is 0.312. The largest absolute Gasteiger partial charge is 0.366 e. The lowest BCUT2D eigenvalue weighted by Gasteiger charge is -2.26. The van der Waals surface area contributed by atoms with Crippen LogP contribution in [0.4, 0.5) is 5.82 Å². The lowest BCUT2D eigenvalue weighted by atomic mass is 10.1. The maximum absolute atomic E-state index is 8.79. The molecule has 0 spiro atoms. The molecule has 0 radical (unpaired) electrons. The number of nitrogens with one attached hydrogen (secondary N) is 1. The zero-order valence-corrected chi connectivity index (χ0v) is 12.2. The molecule has 0 amide bonds. The summed E-state index contributed by atoms with van der Waals surface area (Å²) in [5.74, 6) is 3.30. The van der Waals surface area contributed by atoms with Crippen LogP contribution in [0.5, 0.6) is 0 Å². The van der Waals surface area contributed by atoms with Gasteiger partial charge in [-0.3, -0.25) is 0 Å². The molecule has 2 aromatic heterocycles. The van der Waals surface area contributed by atoms with Crippen LogP contribution in [0.25, 0.3) is 0 Å². The summed E-state index contributed by atoms with van der Waals surface area (Å²) in [4.78, 5) is 4.27. The Kier molecular flexibility index (Phi) is 3.57. The summed E-state index contributed by atoms with van der Waals surface area (Å²) in [5.41, 5.74) is 0.576. The number of rotatable bonds is 3. The summed E-state index contributed by atoms with van der Waals surface area (Å²) in [7, 11) is 0. The lowest BCUT2D eigenvalue weighted by Crippen LogP contribution is -2.32. The molecule has 6 heteroatoms. The first kappa shape index (κ1) is 13.6. The van der Waals surface area contributed by atoms with Crippen molar-refractivity contribution in [3.8, 4) is 6.07 Å². The molecule has 21 heavy (non-hydrogen) atoms. The van der Waals surface area contributed by atoms with Gasteiger partial charge in [0.1, 0.15) is 23.5 Å². The Morgan fingerprint density at radius 1 is 1.38 bits per heavy atom. The van der Waals surface area contributed by atoms with Crippen molar-refractivity contribution in [3.05, 3.63) is 35.5 Å². The van der Waals surface area contributed by atoms with Crippen molar-refractivity contribution in [2.24, 2.45) is 0 Å². The molecule has 3 heterocycles. The van der Waals surface area contributed by atoms with Crippen molar-refractivity contribution in [1.82, 2.24) is 19.7 Å². The molecule has 108 valence electrons. The summed E-state index contributed by atoms with van der Waals surface area (Å²) in [6.07, 6.45) is 3.53. The molecular weight excluding hydrogens is 264 g/mol. The van der Waals surface area contributed by atoms with E-state index < -0.39 is 0 Å². The van der Waals surface area contributed by atoms with Crippen LogP contribution in [0.15, 0.2) is 18.3 Å². The van der Waals surface area contributed by atoms with Crippen LogP contribution in [0.1, 0.15) is 43.4 Å². The van der Waals surface area contributed by atoms with E-state index >= 15 is 0 Å². The minimum absolute atomic E-state index is 0.312. The number of nitrogens with zero attached hydrogens (tertiary/aromatic N) is 5. The van der Waals surface area contributed by atoms with Crippen LogP contribution in [-0.2, 0) is 13.0 Å². The number of aromatic nitrogens is 4. The van der Waals surface area contributed by atoms with Gasteiger partial charge >= 0.3 is 0 Å². The Bertz CT molecular complexity index is 664. The van der Waals surface area contributed by atoms with Crippen LogP contribution < -0.4 is 5.32 Å². The van der Waals surface area contributed by atoms with Crippen molar-refractivity contribution < 1.29 is 0 Å². The van der Waals surface area contributed by atoms with Gasteiger partial charge in [0.2, 0.25) is 0 Å². The first-order chi connectivity index (χ1) is 10.2. The molecule has 1 aliphatic rings. The van der Waals surface area contributed by atoms with E-state index in [0.717, 1.165) is 36.9 Å². The van der Waals surface area contributed by atoms with Crippen LogP contribution in [0.2, 0.25) is 0 Å². The van der Waals surface area contributed by atoms with E-state index in [4.69, 9.17) is 5.26 Å². The second-order valence-electron chi connectivity index (χ2n) is 5.66. The maximum Gasteiger partial charge on any atom is 0.135 e. The predicted molar refractivity (Wildman–Crippen MR) is 78.8 cm³/mol. The smallest absolute Gasteiger partial charge is 0.135 e. The number of hydrogen-bond donors (Lipinski definition) is 1. The van der Waals surface area contributed by atoms with E-state index in [1.165, 1.54) is 0 Å². The van der Waals surface area contributed by atoms with Crippen molar-refractivity contribution >= 4 is 5.82 Å². The van der Waals surface area contributed by atoms with Crippen LogP contribution in [-0.4, -0.2) is 25.8 Å².